The van der Waals surface area contributed by atoms with Gasteiger partial charge in [-0.05, 0) is 30.3 Å². The molecule has 0 fully saturated rings. The molecule has 0 radical (unpaired) electrons. The van der Waals surface area contributed by atoms with E-state index in [2.05, 4.69) is 15.4 Å². The molecule has 154 valence electrons. The lowest BCUT2D eigenvalue weighted by Crippen LogP contribution is -2.17. The fraction of sp³-hybridized carbons (Fsp3) is 0.0435. The molecule has 0 aliphatic rings. The highest BCUT2D eigenvalue weighted by Gasteiger charge is 2.16. The zero-order valence-corrected chi connectivity index (χ0v) is 17.8. The van der Waals surface area contributed by atoms with Gasteiger partial charge in [0.25, 0.3) is 0 Å². The highest BCUT2D eigenvalue weighted by atomic mass is 35.5. The number of amides is 1. The van der Waals surface area contributed by atoms with Crippen molar-refractivity contribution in [1.82, 2.24) is 14.8 Å². The molecule has 8 heteroatoms. The van der Waals surface area contributed by atoms with E-state index in [4.69, 9.17) is 11.6 Å². The summed E-state index contributed by atoms with van der Waals surface area (Å²) in [5, 5.41) is 8.07. The van der Waals surface area contributed by atoms with E-state index in [0.29, 0.717) is 27.0 Å². The van der Waals surface area contributed by atoms with Crippen LogP contribution in [0.5, 0.6) is 0 Å². The normalized spacial score (nSPS) is 10.6. The lowest BCUT2D eigenvalue weighted by Gasteiger charge is -2.11. The molecule has 4 aromatic rings. The van der Waals surface area contributed by atoms with Crippen LogP contribution in [0.2, 0.25) is 5.02 Å². The summed E-state index contributed by atoms with van der Waals surface area (Å²) in [5.74, 6) is -0.389. The van der Waals surface area contributed by atoms with Crippen molar-refractivity contribution in [3.05, 3.63) is 101 Å². The zero-order valence-electron chi connectivity index (χ0n) is 16.2. The van der Waals surface area contributed by atoms with Gasteiger partial charge in [-0.2, -0.15) is 0 Å². The highest BCUT2D eigenvalue weighted by molar-refractivity contribution is 7.99. The molecule has 0 saturated carbocycles. The smallest absolute Gasteiger partial charge is 0.234 e. The summed E-state index contributed by atoms with van der Waals surface area (Å²) in [7, 11) is 0. The molecule has 0 unspecified atom stereocenters. The Morgan fingerprint density at radius 3 is 2.42 bits per heavy atom. The Hall–Kier alpha value is -3.42. The van der Waals surface area contributed by atoms with Crippen molar-refractivity contribution in [2.45, 2.75) is 5.16 Å². The minimum atomic E-state index is -0.273. The zero-order chi connectivity index (χ0) is 21.6. The average Bonchev–Trinajstić information content (AvgIpc) is 3.29. The maximum absolute atomic E-state index is 12.9. The fourth-order valence-corrected chi connectivity index (χ4v) is 3.67. The number of hydrogen-bond donors (Lipinski definition) is 1. The number of ketones is 1. The quantitative estimate of drug-likeness (QED) is 0.322. The fourth-order valence-electron chi connectivity index (χ4n) is 2.89. The second kappa shape index (κ2) is 9.59. The maximum Gasteiger partial charge on any atom is 0.234 e. The number of benzene rings is 3. The van der Waals surface area contributed by atoms with Crippen LogP contribution in [0.15, 0.2) is 90.3 Å². The number of nitrogens with one attached hydrogen (secondary N) is 1. The van der Waals surface area contributed by atoms with Crippen LogP contribution in [-0.4, -0.2) is 32.2 Å². The Kier molecular flexibility index (Phi) is 6.45. The first kappa shape index (κ1) is 20.8. The molecule has 0 atom stereocenters. The van der Waals surface area contributed by atoms with Crippen molar-refractivity contribution in [2.24, 2.45) is 0 Å². The van der Waals surface area contributed by atoms with Crippen LogP contribution in [0.3, 0.4) is 0 Å². The molecule has 0 saturated heterocycles. The number of rotatable bonds is 7. The van der Waals surface area contributed by atoms with Crippen LogP contribution in [0.1, 0.15) is 15.9 Å². The third-order valence-electron chi connectivity index (χ3n) is 4.36. The van der Waals surface area contributed by atoms with Gasteiger partial charge in [0.1, 0.15) is 6.33 Å². The van der Waals surface area contributed by atoms with Crippen LogP contribution in [-0.2, 0) is 4.79 Å². The van der Waals surface area contributed by atoms with Gasteiger partial charge in [-0.15, -0.1) is 5.10 Å². The predicted octanol–water partition coefficient (Wildman–Crippen LogP) is 4.88. The van der Waals surface area contributed by atoms with Gasteiger partial charge in [0.05, 0.1) is 17.1 Å². The van der Waals surface area contributed by atoms with Crippen LogP contribution < -0.4 is 5.32 Å². The molecular weight excluding hydrogens is 432 g/mol. The van der Waals surface area contributed by atoms with E-state index in [1.165, 1.54) is 11.8 Å². The average molecular weight is 449 g/mol. The number of thioether (sulfide) groups is 1. The van der Waals surface area contributed by atoms with E-state index in [-0.39, 0.29) is 17.4 Å². The van der Waals surface area contributed by atoms with Gasteiger partial charge >= 0.3 is 0 Å². The number of carbonyl (C=O) groups is 2. The lowest BCUT2D eigenvalue weighted by molar-refractivity contribution is -0.113. The first-order chi connectivity index (χ1) is 15.1. The van der Waals surface area contributed by atoms with Crippen LogP contribution >= 0.6 is 23.4 Å². The first-order valence-electron chi connectivity index (χ1n) is 9.39. The summed E-state index contributed by atoms with van der Waals surface area (Å²) < 4.78 is 1.65. The highest BCUT2D eigenvalue weighted by Crippen LogP contribution is 2.24. The number of carbonyl (C=O) groups excluding carboxylic acids is 2. The van der Waals surface area contributed by atoms with Gasteiger partial charge < -0.3 is 5.32 Å². The van der Waals surface area contributed by atoms with Crippen molar-refractivity contribution in [3.8, 4) is 5.69 Å². The molecule has 1 N–H and O–H groups in total. The number of hydrogen-bond acceptors (Lipinski definition) is 5. The van der Waals surface area contributed by atoms with E-state index < -0.39 is 0 Å². The summed E-state index contributed by atoms with van der Waals surface area (Å²) in [6, 6.07) is 23.3. The van der Waals surface area contributed by atoms with E-state index in [0.717, 1.165) is 5.69 Å². The Morgan fingerprint density at radius 2 is 1.68 bits per heavy atom. The molecule has 4 rings (SSSR count). The van der Waals surface area contributed by atoms with E-state index in [9.17, 15) is 9.59 Å². The van der Waals surface area contributed by atoms with Crippen LogP contribution in [0, 0.1) is 0 Å². The molecule has 0 aliphatic heterocycles. The molecule has 3 aromatic carbocycles. The Bertz CT molecular complexity index is 1210. The van der Waals surface area contributed by atoms with Gasteiger partial charge in [0, 0.05) is 16.1 Å². The standard InChI is InChI=1S/C23H17ClN4O2S/c24-17-11-12-20(19(13-17)22(30)16-7-3-1-4-8-16)26-21(29)14-31-23-25-15-28(27-23)18-9-5-2-6-10-18/h1-13,15H,14H2,(H,26,29). The largest absolute Gasteiger partial charge is 0.325 e. The number of anilines is 1. The molecule has 0 spiro atoms. The van der Waals surface area contributed by atoms with Gasteiger partial charge in [-0.25, -0.2) is 9.67 Å². The van der Waals surface area contributed by atoms with E-state index in [1.807, 2.05) is 36.4 Å². The summed E-state index contributed by atoms with van der Waals surface area (Å²) >= 11 is 7.30. The Balaban J connectivity index is 1.43. The molecule has 0 bridgehead atoms. The van der Waals surface area contributed by atoms with Crippen molar-refractivity contribution >= 4 is 40.7 Å². The third kappa shape index (κ3) is 5.20. The SMILES string of the molecule is O=C(CSc1ncn(-c2ccccc2)n1)Nc1ccc(Cl)cc1C(=O)c1ccccc1. The summed E-state index contributed by atoms with van der Waals surface area (Å²) in [5.41, 5.74) is 2.15. The van der Waals surface area contributed by atoms with E-state index in [1.54, 1.807) is 53.5 Å². The van der Waals surface area contributed by atoms with Crippen molar-refractivity contribution in [3.63, 3.8) is 0 Å². The van der Waals surface area contributed by atoms with Crippen molar-refractivity contribution in [2.75, 3.05) is 11.1 Å². The topological polar surface area (TPSA) is 76.9 Å². The minimum absolute atomic E-state index is 0.0976. The Labute approximate surface area is 188 Å². The molecular formula is C23H17ClN4O2S. The maximum atomic E-state index is 12.9. The monoisotopic (exact) mass is 448 g/mol. The van der Waals surface area contributed by atoms with Crippen molar-refractivity contribution in [1.29, 1.82) is 0 Å². The lowest BCUT2D eigenvalue weighted by atomic mass is 10.0. The predicted molar refractivity (Wildman–Crippen MR) is 122 cm³/mol. The van der Waals surface area contributed by atoms with Gasteiger partial charge in [-0.1, -0.05) is 71.9 Å². The van der Waals surface area contributed by atoms with Crippen molar-refractivity contribution < 1.29 is 9.59 Å². The second-order valence-electron chi connectivity index (χ2n) is 6.53. The molecule has 31 heavy (non-hydrogen) atoms. The minimum Gasteiger partial charge on any atom is -0.325 e. The molecule has 1 amide bonds. The molecule has 0 aliphatic carbocycles. The molecule has 1 aromatic heterocycles. The van der Waals surface area contributed by atoms with Gasteiger partial charge in [0.15, 0.2) is 5.78 Å². The number of para-hydroxylation sites is 1. The molecule has 6 nitrogen and oxygen atoms in total. The summed E-state index contributed by atoms with van der Waals surface area (Å²) in [6.07, 6.45) is 1.60. The third-order valence-corrected chi connectivity index (χ3v) is 5.45. The number of nitrogens with zero attached hydrogens (tertiary/aromatic N) is 3. The summed E-state index contributed by atoms with van der Waals surface area (Å²) in [4.78, 5) is 29.6. The van der Waals surface area contributed by atoms with Gasteiger partial charge in [-0.3, -0.25) is 9.59 Å². The summed E-state index contributed by atoms with van der Waals surface area (Å²) in [6.45, 7) is 0. The number of halogens is 1. The van der Waals surface area contributed by atoms with Crippen LogP contribution in [0.25, 0.3) is 5.69 Å². The Morgan fingerprint density at radius 1 is 0.968 bits per heavy atom. The second-order valence-corrected chi connectivity index (χ2v) is 7.91. The van der Waals surface area contributed by atoms with Crippen LogP contribution in [0.4, 0.5) is 5.69 Å². The first-order valence-corrected chi connectivity index (χ1v) is 10.8. The van der Waals surface area contributed by atoms with Gasteiger partial charge in [0.2, 0.25) is 11.1 Å². The molecule has 1 heterocycles. The van der Waals surface area contributed by atoms with E-state index >= 15 is 0 Å². The number of aromatic nitrogens is 3.